The second-order valence-electron chi connectivity index (χ2n) is 6.49. The molecule has 0 bridgehead atoms. The fourth-order valence-electron chi connectivity index (χ4n) is 1.87. The van der Waals surface area contributed by atoms with Crippen LogP contribution in [0.15, 0.2) is 4.99 Å². The Morgan fingerprint density at radius 2 is 2.06 bits per heavy atom. The summed E-state index contributed by atoms with van der Waals surface area (Å²) in [5.74, 6) is 2.23. The number of nitrogens with one attached hydrogen (secondary N) is 1. The highest BCUT2D eigenvalue weighted by molar-refractivity contribution is 8.00. The molecule has 0 aromatic carbocycles. The van der Waals surface area contributed by atoms with Crippen molar-refractivity contribution in [1.29, 1.82) is 0 Å². The molecular formula is C13H27N3S. The number of hydrogen-bond acceptors (Lipinski definition) is 2. The lowest BCUT2D eigenvalue weighted by molar-refractivity contribution is 0.355. The first kappa shape index (κ1) is 14.7. The summed E-state index contributed by atoms with van der Waals surface area (Å²) in [4.78, 5) is 6.78. The highest BCUT2D eigenvalue weighted by Gasteiger charge is 2.28. The number of hydrogen-bond donors (Lipinski definition) is 1. The van der Waals surface area contributed by atoms with Crippen LogP contribution in [-0.2, 0) is 0 Å². The van der Waals surface area contributed by atoms with Gasteiger partial charge in [-0.1, -0.05) is 20.8 Å². The molecule has 0 atom stereocenters. The third-order valence-electron chi connectivity index (χ3n) is 2.71. The molecule has 17 heavy (non-hydrogen) atoms. The van der Waals surface area contributed by atoms with Gasteiger partial charge in [-0.25, -0.2) is 0 Å². The van der Waals surface area contributed by atoms with Gasteiger partial charge in [0.25, 0.3) is 0 Å². The molecule has 0 amide bonds. The summed E-state index contributed by atoms with van der Waals surface area (Å²) in [6.07, 6.45) is 0. The molecule has 0 radical (unpaired) electrons. The van der Waals surface area contributed by atoms with Crippen LogP contribution in [0.5, 0.6) is 0 Å². The lowest BCUT2D eigenvalue weighted by Crippen LogP contribution is -2.52. The van der Waals surface area contributed by atoms with Gasteiger partial charge in [0.05, 0.1) is 0 Å². The van der Waals surface area contributed by atoms with Crippen LogP contribution in [0, 0.1) is 5.41 Å². The summed E-state index contributed by atoms with van der Waals surface area (Å²) in [5.41, 5.74) is 0.288. The van der Waals surface area contributed by atoms with Gasteiger partial charge in [-0.3, -0.25) is 4.99 Å². The minimum Gasteiger partial charge on any atom is -0.356 e. The Morgan fingerprint density at radius 3 is 2.53 bits per heavy atom. The largest absolute Gasteiger partial charge is 0.356 e. The van der Waals surface area contributed by atoms with E-state index in [0.29, 0.717) is 4.75 Å². The van der Waals surface area contributed by atoms with Gasteiger partial charge >= 0.3 is 0 Å². The number of guanidine groups is 1. The van der Waals surface area contributed by atoms with E-state index in [1.807, 2.05) is 7.05 Å². The fraction of sp³-hybridized carbons (Fsp3) is 0.923. The molecule has 4 heteroatoms. The molecule has 1 saturated heterocycles. The summed E-state index contributed by atoms with van der Waals surface area (Å²) >= 11 is 2.05. The Morgan fingerprint density at radius 1 is 1.41 bits per heavy atom. The van der Waals surface area contributed by atoms with E-state index in [9.17, 15) is 0 Å². The van der Waals surface area contributed by atoms with Crippen molar-refractivity contribution in [2.24, 2.45) is 10.4 Å². The van der Waals surface area contributed by atoms with E-state index in [0.717, 1.165) is 25.6 Å². The maximum atomic E-state index is 4.40. The van der Waals surface area contributed by atoms with Crippen molar-refractivity contribution in [1.82, 2.24) is 10.2 Å². The molecule has 0 aromatic heterocycles. The highest BCUT2D eigenvalue weighted by Crippen LogP contribution is 2.29. The molecule has 0 unspecified atom stereocenters. The van der Waals surface area contributed by atoms with E-state index in [-0.39, 0.29) is 5.41 Å². The number of aliphatic imine (C=N–C) groups is 1. The summed E-state index contributed by atoms with van der Waals surface area (Å²) in [6.45, 7) is 14.5. The fourth-order valence-corrected chi connectivity index (χ4v) is 2.99. The molecule has 0 saturated carbocycles. The van der Waals surface area contributed by atoms with E-state index < -0.39 is 0 Å². The molecule has 0 aromatic rings. The Kier molecular flexibility index (Phi) is 4.76. The Bertz CT molecular complexity index is 279. The van der Waals surface area contributed by atoms with Gasteiger partial charge in [0.15, 0.2) is 5.96 Å². The Hall–Kier alpha value is -0.380. The van der Waals surface area contributed by atoms with Crippen LogP contribution < -0.4 is 5.32 Å². The maximum Gasteiger partial charge on any atom is 0.193 e. The van der Waals surface area contributed by atoms with Gasteiger partial charge in [-0.15, -0.1) is 0 Å². The number of nitrogens with zero attached hydrogens (tertiary/aromatic N) is 2. The molecule has 1 aliphatic heterocycles. The lowest BCUT2D eigenvalue weighted by atomic mass is 9.97. The Balaban J connectivity index is 2.56. The molecule has 1 fully saturated rings. The van der Waals surface area contributed by atoms with Gasteiger partial charge in [0, 0.05) is 37.2 Å². The van der Waals surface area contributed by atoms with Crippen molar-refractivity contribution in [2.45, 2.75) is 39.4 Å². The second-order valence-corrected chi connectivity index (χ2v) is 8.29. The molecule has 3 nitrogen and oxygen atoms in total. The Labute approximate surface area is 110 Å². The van der Waals surface area contributed by atoms with E-state index in [1.54, 1.807) is 0 Å². The van der Waals surface area contributed by atoms with Crippen molar-refractivity contribution in [3.63, 3.8) is 0 Å². The van der Waals surface area contributed by atoms with Crippen LogP contribution in [0.1, 0.15) is 34.6 Å². The average Bonchev–Trinajstić information content (AvgIpc) is 2.15. The number of thioether (sulfide) groups is 1. The first-order valence-corrected chi connectivity index (χ1v) is 7.32. The average molecular weight is 257 g/mol. The SMILES string of the molecule is CN=C(NCC(C)(C)C)N1CCSC(C)(C)C1. The molecule has 100 valence electrons. The second kappa shape index (κ2) is 5.51. The molecular weight excluding hydrogens is 230 g/mol. The van der Waals surface area contributed by atoms with E-state index >= 15 is 0 Å². The van der Waals surface area contributed by atoms with Crippen LogP contribution >= 0.6 is 11.8 Å². The summed E-state index contributed by atoms with van der Waals surface area (Å²) in [7, 11) is 1.87. The van der Waals surface area contributed by atoms with Gasteiger partial charge in [0.2, 0.25) is 0 Å². The van der Waals surface area contributed by atoms with Crippen LogP contribution in [-0.4, -0.2) is 48.0 Å². The smallest absolute Gasteiger partial charge is 0.193 e. The summed E-state index contributed by atoms with van der Waals surface area (Å²) < 4.78 is 0.331. The van der Waals surface area contributed by atoms with Crippen LogP contribution in [0.3, 0.4) is 0 Å². The summed E-state index contributed by atoms with van der Waals surface area (Å²) in [6, 6.07) is 0. The zero-order valence-electron chi connectivity index (χ0n) is 12.1. The van der Waals surface area contributed by atoms with Crippen molar-refractivity contribution in [3.05, 3.63) is 0 Å². The van der Waals surface area contributed by atoms with Crippen LogP contribution in [0.2, 0.25) is 0 Å². The van der Waals surface area contributed by atoms with Crippen LogP contribution in [0.25, 0.3) is 0 Å². The van der Waals surface area contributed by atoms with Crippen molar-refractivity contribution >= 4 is 17.7 Å². The molecule has 1 N–H and O–H groups in total. The van der Waals surface area contributed by atoms with Crippen molar-refractivity contribution < 1.29 is 0 Å². The van der Waals surface area contributed by atoms with Gasteiger partial charge in [-0.05, 0) is 19.3 Å². The van der Waals surface area contributed by atoms with Crippen LogP contribution in [0.4, 0.5) is 0 Å². The zero-order chi connectivity index (χ0) is 13.1. The molecule has 1 aliphatic rings. The minimum atomic E-state index is 0.288. The first-order valence-electron chi connectivity index (χ1n) is 6.33. The standard InChI is InChI=1S/C13H27N3S/c1-12(2,3)9-15-11(14-6)16-7-8-17-13(4,5)10-16/h7-10H2,1-6H3,(H,14,15). The minimum absolute atomic E-state index is 0.288. The van der Waals surface area contributed by atoms with E-state index in [2.05, 4.69) is 61.6 Å². The van der Waals surface area contributed by atoms with Gasteiger partial charge < -0.3 is 10.2 Å². The predicted octanol–water partition coefficient (Wildman–Crippen LogP) is 2.44. The predicted molar refractivity (Wildman–Crippen MR) is 78.9 cm³/mol. The van der Waals surface area contributed by atoms with Crippen molar-refractivity contribution in [3.8, 4) is 0 Å². The monoisotopic (exact) mass is 257 g/mol. The first-order chi connectivity index (χ1) is 7.73. The molecule has 1 heterocycles. The summed E-state index contributed by atoms with van der Waals surface area (Å²) in [5, 5.41) is 3.48. The van der Waals surface area contributed by atoms with E-state index in [4.69, 9.17) is 0 Å². The van der Waals surface area contributed by atoms with Gasteiger partial charge in [0.1, 0.15) is 0 Å². The third-order valence-corrected chi connectivity index (χ3v) is 4.01. The number of rotatable bonds is 1. The third kappa shape index (κ3) is 5.19. The normalized spacial score (nSPS) is 21.5. The quantitative estimate of drug-likeness (QED) is 0.577. The molecule has 0 spiro atoms. The molecule has 0 aliphatic carbocycles. The van der Waals surface area contributed by atoms with Gasteiger partial charge in [-0.2, -0.15) is 11.8 Å². The van der Waals surface area contributed by atoms with Crippen molar-refractivity contribution in [2.75, 3.05) is 32.4 Å². The maximum absolute atomic E-state index is 4.40. The highest BCUT2D eigenvalue weighted by atomic mass is 32.2. The topological polar surface area (TPSA) is 27.6 Å². The zero-order valence-corrected chi connectivity index (χ0v) is 12.9. The molecule has 1 rings (SSSR count). The van der Waals surface area contributed by atoms with E-state index in [1.165, 1.54) is 5.75 Å². The lowest BCUT2D eigenvalue weighted by Gasteiger charge is -2.39.